The van der Waals surface area contributed by atoms with Crippen molar-refractivity contribution in [1.29, 1.82) is 0 Å². The van der Waals surface area contributed by atoms with E-state index in [1.807, 2.05) is 6.92 Å². The predicted octanol–water partition coefficient (Wildman–Crippen LogP) is 0.790. The van der Waals surface area contributed by atoms with Gasteiger partial charge in [-0.3, -0.25) is 0 Å². The fourth-order valence-corrected chi connectivity index (χ4v) is 1.47. The van der Waals surface area contributed by atoms with Gasteiger partial charge in [0.05, 0.1) is 12.7 Å². The molecule has 0 unspecified atom stereocenters. The Morgan fingerprint density at radius 3 is 2.75 bits per heavy atom. The number of hydrogen-bond donors (Lipinski definition) is 1. The third kappa shape index (κ3) is 3.09. The van der Waals surface area contributed by atoms with E-state index >= 15 is 0 Å². The zero-order valence-corrected chi connectivity index (χ0v) is 8.01. The SMILES string of the molecule is CCOC1CC(NCCOC)C1. The van der Waals surface area contributed by atoms with Crippen molar-refractivity contribution < 1.29 is 9.47 Å². The predicted molar refractivity (Wildman–Crippen MR) is 48.3 cm³/mol. The van der Waals surface area contributed by atoms with E-state index in [1.165, 1.54) is 0 Å². The van der Waals surface area contributed by atoms with Crippen molar-refractivity contribution in [2.45, 2.75) is 31.9 Å². The van der Waals surface area contributed by atoms with Gasteiger partial charge in [0, 0.05) is 26.3 Å². The molecule has 1 fully saturated rings. The summed E-state index contributed by atoms with van der Waals surface area (Å²) in [5, 5.41) is 3.40. The van der Waals surface area contributed by atoms with Crippen LogP contribution in [0.25, 0.3) is 0 Å². The molecule has 0 heterocycles. The van der Waals surface area contributed by atoms with Crippen LogP contribution < -0.4 is 5.32 Å². The molecule has 0 aromatic carbocycles. The Balaban J connectivity index is 1.88. The van der Waals surface area contributed by atoms with Crippen LogP contribution in [0, 0.1) is 0 Å². The van der Waals surface area contributed by atoms with Crippen LogP contribution in [0.1, 0.15) is 19.8 Å². The molecule has 0 bridgehead atoms. The lowest BCUT2D eigenvalue weighted by Crippen LogP contribution is -2.46. The van der Waals surface area contributed by atoms with Crippen molar-refractivity contribution in [1.82, 2.24) is 5.32 Å². The fraction of sp³-hybridized carbons (Fsp3) is 1.00. The second-order valence-electron chi connectivity index (χ2n) is 3.19. The molecule has 0 aliphatic heterocycles. The first-order chi connectivity index (χ1) is 5.86. The van der Waals surface area contributed by atoms with Crippen LogP contribution in [0.3, 0.4) is 0 Å². The largest absolute Gasteiger partial charge is 0.383 e. The number of rotatable bonds is 6. The Morgan fingerprint density at radius 2 is 2.17 bits per heavy atom. The van der Waals surface area contributed by atoms with Crippen molar-refractivity contribution in [3.8, 4) is 0 Å². The topological polar surface area (TPSA) is 30.5 Å². The maximum atomic E-state index is 5.44. The van der Waals surface area contributed by atoms with Crippen molar-refractivity contribution in [2.24, 2.45) is 0 Å². The molecule has 1 aliphatic rings. The van der Waals surface area contributed by atoms with E-state index in [0.717, 1.165) is 32.6 Å². The first kappa shape index (κ1) is 9.96. The highest BCUT2D eigenvalue weighted by Crippen LogP contribution is 2.22. The van der Waals surface area contributed by atoms with E-state index in [9.17, 15) is 0 Å². The van der Waals surface area contributed by atoms with E-state index in [0.29, 0.717) is 12.1 Å². The highest BCUT2D eigenvalue weighted by Gasteiger charge is 2.28. The van der Waals surface area contributed by atoms with Crippen molar-refractivity contribution in [3.63, 3.8) is 0 Å². The van der Waals surface area contributed by atoms with Gasteiger partial charge in [0.2, 0.25) is 0 Å². The monoisotopic (exact) mass is 173 g/mol. The Hall–Kier alpha value is -0.120. The molecule has 12 heavy (non-hydrogen) atoms. The summed E-state index contributed by atoms with van der Waals surface area (Å²) in [5.74, 6) is 0. The fourth-order valence-electron chi connectivity index (χ4n) is 1.47. The van der Waals surface area contributed by atoms with Gasteiger partial charge in [0.25, 0.3) is 0 Å². The van der Waals surface area contributed by atoms with Gasteiger partial charge in [-0.05, 0) is 19.8 Å². The summed E-state index contributed by atoms with van der Waals surface area (Å²) in [6, 6.07) is 0.664. The average Bonchev–Trinajstić information content (AvgIpc) is 2.00. The molecule has 0 amide bonds. The first-order valence-electron chi connectivity index (χ1n) is 4.70. The van der Waals surface area contributed by atoms with Crippen LogP contribution in [0.4, 0.5) is 0 Å². The molecule has 3 nitrogen and oxygen atoms in total. The minimum Gasteiger partial charge on any atom is -0.383 e. The summed E-state index contributed by atoms with van der Waals surface area (Å²) >= 11 is 0. The minimum atomic E-state index is 0.509. The summed E-state index contributed by atoms with van der Waals surface area (Å²) < 4.78 is 10.4. The molecule has 1 aliphatic carbocycles. The van der Waals surface area contributed by atoms with Gasteiger partial charge in [0.15, 0.2) is 0 Å². The summed E-state index contributed by atoms with van der Waals surface area (Å²) in [6.07, 6.45) is 2.84. The molecular formula is C9H19NO2. The maximum absolute atomic E-state index is 5.44. The third-order valence-electron chi connectivity index (χ3n) is 2.24. The van der Waals surface area contributed by atoms with Gasteiger partial charge >= 0.3 is 0 Å². The van der Waals surface area contributed by atoms with E-state index < -0.39 is 0 Å². The van der Waals surface area contributed by atoms with Crippen LogP contribution in [-0.2, 0) is 9.47 Å². The standard InChI is InChI=1S/C9H19NO2/c1-3-12-9-6-8(7-9)10-4-5-11-2/h8-10H,3-7H2,1-2H3. The van der Waals surface area contributed by atoms with Gasteiger partial charge in [-0.25, -0.2) is 0 Å². The first-order valence-corrected chi connectivity index (χ1v) is 4.70. The van der Waals surface area contributed by atoms with Gasteiger partial charge in [-0.15, -0.1) is 0 Å². The molecule has 0 spiro atoms. The van der Waals surface area contributed by atoms with Crippen LogP contribution in [0.5, 0.6) is 0 Å². The molecule has 0 saturated heterocycles. The molecular weight excluding hydrogens is 154 g/mol. The van der Waals surface area contributed by atoms with Gasteiger partial charge in [0.1, 0.15) is 0 Å². The Labute approximate surface area is 74.4 Å². The lowest BCUT2D eigenvalue weighted by atomic mass is 9.89. The minimum absolute atomic E-state index is 0.509. The Morgan fingerprint density at radius 1 is 1.42 bits per heavy atom. The van der Waals surface area contributed by atoms with Crippen molar-refractivity contribution in [2.75, 3.05) is 26.9 Å². The van der Waals surface area contributed by atoms with Gasteiger partial charge in [-0.1, -0.05) is 0 Å². The molecule has 1 rings (SSSR count). The van der Waals surface area contributed by atoms with E-state index in [2.05, 4.69) is 5.32 Å². The quantitative estimate of drug-likeness (QED) is 0.602. The van der Waals surface area contributed by atoms with Crippen molar-refractivity contribution in [3.05, 3.63) is 0 Å². The van der Waals surface area contributed by atoms with Crippen LogP contribution in [-0.4, -0.2) is 39.0 Å². The highest BCUT2D eigenvalue weighted by atomic mass is 16.5. The highest BCUT2D eigenvalue weighted by molar-refractivity contribution is 4.85. The normalized spacial score (nSPS) is 28.5. The van der Waals surface area contributed by atoms with E-state index in [-0.39, 0.29) is 0 Å². The lowest BCUT2D eigenvalue weighted by Gasteiger charge is -2.35. The number of hydrogen-bond acceptors (Lipinski definition) is 3. The number of methoxy groups -OCH3 is 1. The smallest absolute Gasteiger partial charge is 0.0604 e. The second kappa shape index (κ2) is 5.51. The third-order valence-corrected chi connectivity index (χ3v) is 2.24. The summed E-state index contributed by atoms with van der Waals surface area (Å²) in [4.78, 5) is 0. The van der Waals surface area contributed by atoms with Crippen LogP contribution in [0.15, 0.2) is 0 Å². The number of nitrogens with one attached hydrogen (secondary N) is 1. The zero-order valence-electron chi connectivity index (χ0n) is 8.01. The Kier molecular flexibility index (Phi) is 4.58. The molecule has 0 radical (unpaired) electrons. The molecule has 1 saturated carbocycles. The van der Waals surface area contributed by atoms with E-state index in [4.69, 9.17) is 9.47 Å². The molecule has 72 valence electrons. The average molecular weight is 173 g/mol. The summed E-state index contributed by atoms with van der Waals surface area (Å²) in [7, 11) is 1.73. The van der Waals surface area contributed by atoms with Crippen LogP contribution in [0.2, 0.25) is 0 Å². The molecule has 3 heteroatoms. The van der Waals surface area contributed by atoms with Crippen molar-refractivity contribution >= 4 is 0 Å². The summed E-state index contributed by atoms with van der Waals surface area (Å²) in [5.41, 5.74) is 0. The van der Waals surface area contributed by atoms with Gasteiger partial charge < -0.3 is 14.8 Å². The lowest BCUT2D eigenvalue weighted by molar-refractivity contribution is -0.0109. The zero-order chi connectivity index (χ0) is 8.81. The summed E-state index contributed by atoms with van der Waals surface area (Å²) in [6.45, 7) is 4.65. The Bertz CT molecular complexity index is 110. The van der Waals surface area contributed by atoms with E-state index in [1.54, 1.807) is 7.11 Å². The van der Waals surface area contributed by atoms with Gasteiger partial charge in [-0.2, -0.15) is 0 Å². The number of ether oxygens (including phenoxy) is 2. The maximum Gasteiger partial charge on any atom is 0.0604 e. The molecule has 0 aromatic rings. The van der Waals surface area contributed by atoms with Crippen LogP contribution >= 0.6 is 0 Å². The molecule has 0 atom stereocenters. The second-order valence-corrected chi connectivity index (χ2v) is 3.19. The molecule has 1 N–H and O–H groups in total. The molecule has 0 aromatic heterocycles.